The molecule has 10 rings (SSSR count). The highest BCUT2D eigenvalue weighted by molar-refractivity contribution is 6.06. The number of hydrogen-bond acceptors (Lipinski definition) is 9. The molecule has 1 aliphatic heterocycles. The minimum atomic E-state index is -1.17. The second-order valence-corrected chi connectivity index (χ2v) is 19.1. The van der Waals surface area contributed by atoms with Crippen LogP contribution >= 0.6 is 0 Å². The summed E-state index contributed by atoms with van der Waals surface area (Å²) in [4.78, 5) is 51.8. The first-order valence-electron chi connectivity index (χ1n) is 20.0. The third kappa shape index (κ3) is 4.45. The molecule has 8 aliphatic rings. The third-order valence-corrected chi connectivity index (χ3v) is 16.3. The largest absolute Gasteiger partial charge is 0.508 e. The lowest BCUT2D eigenvalue weighted by Gasteiger charge is -2.64. The lowest BCUT2D eigenvalue weighted by Crippen LogP contribution is -2.70. The van der Waals surface area contributed by atoms with Crippen LogP contribution in [0, 0.1) is 38.9 Å². The number of phenolic OH excluding ortho intramolecular Hbond substituents is 1. The quantitative estimate of drug-likeness (QED) is 0.177. The van der Waals surface area contributed by atoms with Gasteiger partial charge in [-0.3, -0.25) is 19.2 Å². The Bertz CT molecular complexity index is 2150. The molecule has 11 atom stereocenters. The predicted octanol–water partition coefficient (Wildman–Crippen LogP) is 8.17. The average Bonchev–Trinajstić information content (AvgIpc) is 3.34. The van der Waals surface area contributed by atoms with Crippen molar-refractivity contribution in [2.24, 2.45) is 38.9 Å². The van der Waals surface area contributed by atoms with Gasteiger partial charge in [-0.1, -0.05) is 44.6 Å². The molecule has 1 saturated heterocycles. The van der Waals surface area contributed by atoms with E-state index in [1.165, 1.54) is 23.6 Å². The number of carbonyl (C=O) groups is 4. The van der Waals surface area contributed by atoms with Crippen LogP contribution < -0.4 is 0 Å². The maximum absolute atomic E-state index is 14.3. The molecule has 2 heterocycles. The van der Waals surface area contributed by atoms with Crippen LogP contribution in [-0.4, -0.2) is 51.3 Å². The third-order valence-electron chi connectivity index (χ3n) is 16.3. The number of esters is 1. The Kier molecular flexibility index (Phi) is 7.56. The van der Waals surface area contributed by atoms with E-state index in [1.807, 2.05) is 26.0 Å². The van der Waals surface area contributed by atoms with Gasteiger partial charge in [0.1, 0.15) is 23.2 Å². The number of phenols is 1. The summed E-state index contributed by atoms with van der Waals surface area (Å²) in [6.07, 6.45) is 14.3. The Morgan fingerprint density at radius 3 is 2.45 bits per heavy atom. The van der Waals surface area contributed by atoms with Crippen LogP contribution in [0.1, 0.15) is 116 Å². The molecule has 0 bridgehead atoms. The van der Waals surface area contributed by atoms with Gasteiger partial charge in [-0.2, -0.15) is 0 Å². The molecule has 5 fully saturated rings. The highest BCUT2D eigenvalue weighted by atomic mass is 16.6. The van der Waals surface area contributed by atoms with E-state index in [0.717, 1.165) is 37.7 Å². The van der Waals surface area contributed by atoms with E-state index in [1.54, 1.807) is 44.6 Å². The molecule has 4 saturated carbocycles. The second kappa shape index (κ2) is 11.4. The summed E-state index contributed by atoms with van der Waals surface area (Å²) in [6, 6.07) is 7.73. The van der Waals surface area contributed by atoms with Crippen molar-refractivity contribution in [1.82, 2.24) is 0 Å². The maximum atomic E-state index is 14.3. The number of aromatic hydroxyl groups is 1. The van der Waals surface area contributed by atoms with Crippen LogP contribution in [0.4, 0.5) is 0 Å². The Morgan fingerprint density at radius 1 is 0.982 bits per heavy atom. The van der Waals surface area contributed by atoms with Gasteiger partial charge in [-0.05, 0) is 118 Å². The molecule has 1 spiro atoms. The van der Waals surface area contributed by atoms with Gasteiger partial charge in [-0.25, -0.2) is 0 Å². The summed E-state index contributed by atoms with van der Waals surface area (Å²) >= 11 is 0. The Balaban J connectivity index is 0.000000167. The van der Waals surface area contributed by atoms with Gasteiger partial charge in [0.05, 0.1) is 29.5 Å². The fourth-order valence-electron chi connectivity index (χ4n) is 14.0. The molecule has 2 aromatic rings. The molecule has 1 aromatic heterocycles. The highest BCUT2D eigenvalue weighted by Gasteiger charge is 2.89. The van der Waals surface area contributed by atoms with E-state index in [0.29, 0.717) is 41.8 Å². The molecule has 2 N–H and O–H groups in total. The summed E-state index contributed by atoms with van der Waals surface area (Å²) in [5.41, 5.74) is 0.976. The van der Waals surface area contributed by atoms with Crippen molar-refractivity contribution in [2.45, 2.75) is 123 Å². The van der Waals surface area contributed by atoms with Crippen molar-refractivity contribution in [2.75, 3.05) is 0 Å². The standard InChI is InChI=1S/C28H32O7.C18H20O2/c1-14(29)34-17-12-26(5)16(15-8-10-33-13-15)11-19-28(26,35-19)27(6)21(17)25(4)9-7-18(30)24(2,3)22(25)20(31)23(27)32;1-18-9-8-14-13-5-3-12(19)10-11(13)2-4-15(14)16(18)6-7-17(18)20/h7-10,13,16-17,19,21,31H,11-12H2,1-6H3;3-5,10,14,16,19H,2,6-9H2,1H3. The van der Waals surface area contributed by atoms with Gasteiger partial charge < -0.3 is 24.1 Å². The van der Waals surface area contributed by atoms with Crippen LogP contribution in [0.2, 0.25) is 0 Å². The zero-order valence-electron chi connectivity index (χ0n) is 32.9. The Morgan fingerprint density at radius 2 is 1.75 bits per heavy atom. The summed E-state index contributed by atoms with van der Waals surface area (Å²) in [5, 5.41) is 21.2. The Labute approximate surface area is 322 Å². The Hall–Kier alpha value is -4.24. The zero-order chi connectivity index (χ0) is 39.2. The van der Waals surface area contributed by atoms with Gasteiger partial charge in [0.25, 0.3) is 0 Å². The van der Waals surface area contributed by atoms with E-state index < -0.39 is 51.0 Å². The summed E-state index contributed by atoms with van der Waals surface area (Å²) in [5.74, 6) is -0.0767. The molecule has 0 amide bonds. The van der Waals surface area contributed by atoms with Gasteiger partial charge in [0, 0.05) is 41.4 Å². The summed E-state index contributed by atoms with van der Waals surface area (Å²) < 4.78 is 17.9. The number of fused-ring (bicyclic) bond motifs is 8. The number of ether oxygens (including phenoxy) is 2. The van der Waals surface area contributed by atoms with Gasteiger partial charge in [0.2, 0.25) is 5.78 Å². The number of allylic oxidation sites excluding steroid dienone is 6. The number of aliphatic hydroxyl groups is 1. The molecule has 0 radical (unpaired) electrons. The topological polar surface area (TPSA) is 144 Å². The lowest BCUT2D eigenvalue weighted by molar-refractivity contribution is -0.200. The van der Waals surface area contributed by atoms with E-state index in [2.05, 4.69) is 26.0 Å². The van der Waals surface area contributed by atoms with E-state index >= 15 is 0 Å². The number of carbonyl (C=O) groups excluding carboxylic acids is 4. The number of furan rings is 1. The fraction of sp³-hybridized carbons (Fsp3) is 0.565. The molecular weight excluding hydrogens is 696 g/mol. The van der Waals surface area contributed by atoms with E-state index in [-0.39, 0.29) is 29.0 Å². The molecular formula is C46H52O9. The minimum Gasteiger partial charge on any atom is -0.508 e. The van der Waals surface area contributed by atoms with Crippen molar-refractivity contribution in [3.63, 3.8) is 0 Å². The molecule has 1 aromatic carbocycles. The monoisotopic (exact) mass is 748 g/mol. The minimum absolute atomic E-state index is 0.0453. The zero-order valence-corrected chi connectivity index (χ0v) is 32.9. The first-order chi connectivity index (χ1) is 25.9. The van der Waals surface area contributed by atoms with Crippen LogP contribution in [0.3, 0.4) is 0 Å². The fourth-order valence-corrected chi connectivity index (χ4v) is 14.0. The highest BCUT2D eigenvalue weighted by Crippen LogP contribution is 2.81. The van der Waals surface area contributed by atoms with Crippen LogP contribution in [0.5, 0.6) is 5.75 Å². The first-order valence-corrected chi connectivity index (χ1v) is 20.0. The van der Waals surface area contributed by atoms with Crippen molar-refractivity contribution < 1.29 is 43.3 Å². The second-order valence-electron chi connectivity index (χ2n) is 19.1. The number of benzene rings is 1. The van der Waals surface area contributed by atoms with Gasteiger partial charge >= 0.3 is 5.97 Å². The predicted molar refractivity (Wildman–Crippen MR) is 202 cm³/mol. The molecule has 11 unspecified atom stereocenters. The van der Waals surface area contributed by atoms with Crippen molar-refractivity contribution in [1.29, 1.82) is 0 Å². The van der Waals surface area contributed by atoms with Crippen LogP contribution in [0.25, 0.3) is 0 Å². The van der Waals surface area contributed by atoms with E-state index in [9.17, 15) is 29.4 Å². The maximum Gasteiger partial charge on any atom is 0.302 e. The van der Waals surface area contributed by atoms with Crippen molar-refractivity contribution in [3.8, 4) is 5.75 Å². The van der Waals surface area contributed by atoms with Gasteiger partial charge in [-0.15, -0.1) is 0 Å². The first kappa shape index (κ1) is 36.4. The van der Waals surface area contributed by atoms with E-state index in [4.69, 9.17) is 13.9 Å². The number of aliphatic hydroxyl groups excluding tert-OH is 1. The molecule has 290 valence electrons. The normalized spacial score (nSPS) is 42.7. The number of epoxide rings is 1. The summed E-state index contributed by atoms with van der Waals surface area (Å²) in [7, 11) is 0. The van der Waals surface area contributed by atoms with Crippen molar-refractivity contribution >= 4 is 23.3 Å². The molecule has 55 heavy (non-hydrogen) atoms. The number of Topliss-reactive ketones (excluding diaryl/α,β-unsaturated/α-hetero) is 2. The smallest absolute Gasteiger partial charge is 0.302 e. The molecule has 9 heteroatoms. The summed E-state index contributed by atoms with van der Waals surface area (Å²) in [6.45, 7) is 13.0. The number of ketones is 3. The molecule has 9 nitrogen and oxygen atoms in total. The van der Waals surface area contributed by atoms with Gasteiger partial charge in [0.15, 0.2) is 11.5 Å². The SMILES string of the molecule is CC(=O)OC1CC2(C)C(c3ccoc3)CC3OC32C2(C)C(=O)C(O)=C3C(C)(C)C(=O)C=CC3(C)C12.CC12CCC3C(=CCc4cc(O)ccc43)C1CCC2=O. The number of rotatable bonds is 2. The van der Waals surface area contributed by atoms with Crippen molar-refractivity contribution in [3.05, 3.63) is 88.6 Å². The average molecular weight is 749 g/mol. The molecule has 7 aliphatic carbocycles. The van der Waals surface area contributed by atoms with Crippen LogP contribution in [-0.2, 0) is 35.1 Å². The lowest BCUT2D eigenvalue weighted by atomic mass is 9.38. The van der Waals surface area contributed by atoms with Crippen LogP contribution in [0.15, 0.2) is 76.3 Å². The number of hydrogen-bond donors (Lipinski definition) is 2.